The third kappa shape index (κ3) is 2.56. The lowest BCUT2D eigenvalue weighted by Gasteiger charge is -2.07. The van der Waals surface area contributed by atoms with E-state index in [0.29, 0.717) is 11.6 Å². The highest BCUT2D eigenvalue weighted by molar-refractivity contribution is 7.80. The molecule has 0 bridgehead atoms. The van der Waals surface area contributed by atoms with Crippen molar-refractivity contribution in [3.05, 3.63) is 47.3 Å². The van der Waals surface area contributed by atoms with Gasteiger partial charge in [0, 0.05) is 11.9 Å². The minimum Gasteiger partial charge on any atom is -0.388 e. The number of aryl methyl sites for hydroxylation is 2. The second-order valence-electron chi connectivity index (χ2n) is 4.59. The first-order valence-corrected chi connectivity index (χ1v) is 6.65. The van der Waals surface area contributed by atoms with Gasteiger partial charge in [-0.3, -0.25) is 0 Å². The van der Waals surface area contributed by atoms with Gasteiger partial charge in [0.25, 0.3) is 0 Å². The smallest absolute Gasteiger partial charge is 0.227 e. The van der Waals surface area contributed by atoms with Crippen molar-refractivity contribution in [2.24, 2.45) is 5.73 Å². The summed E-state index contributed by atoms with van der Waals surface area (Å²) >= 11 is 4.91. The third-order valence-corrected chi connectivity index (χ3v) is 3.47. The van der Waals surface area contributed by atoms with Crippen molar-refractivity contribution in [3.8, 4) is 0 Å². The van der Waals surface area contributed by atoms with Crippen LogP contribution in [-0.4, -0.2) is 15.0 Å². The minimum absolute atomic E-state index is 0.277. The molecule has 0 fully saturated rings. The van der Waals surface area contributed by atoms with E-state index in [1.54, 1.807) is 12.3 Å². The van der Waals surface area contributed by atoms with Gasteiger partial charge >= 0.3 is 0 Å². The number of benzene rings is 1. The molecule has 0 amide bonds. The average Bonchev–Trinajstić information content (AvgIpc) is 2.86. The summed E-state index contributed by atoms with van der Waals surface area (Å²) in [5.41, 5.74) is 10.0. The van der Waals surface area contributed by atoms with Crippen molar-refractivity contribution < 1.29 is 0 Å². The zero-order valence-corrected chi connectivity index (χ0v) is 11.2. The van der Waals surface area contributed by atoms with Crippen LogP contribution in [0.5, 0.6) is 0 Å². The van der Waals surface area contributed by atoms with E-state index in [1.165, 1.54) is 24.0 Å². The highest BCUT2D eigenvalue weighted by Crippen LogP contribution is 2.25. The highest BCUT2D eigenvalue weighted by Gasteiger charge is 2.11. The lowest BCUT2D eigenvalue weighted by atomic mass is 10.1. The lowest BCUT2D eigenvalue weighted by molar-refractivity contribution is 0.912. The first-order chi connectivity index (χ1) is 9.22. The molecule has 1 aromatic heterocycles. The van der Waals surface area contributed by atoms with Crippen molar-refractivity contribution in [3.63, 3.8) is 0 Å². The van der Waals surface area contributed by atoms with E-state index in [4.69, 9.17) is 18.0 Å². The Morgan fingerprint density at radius 1 is 1.21 bits per heavy atom. The van der Waals surface area contributed by atoms with Crippen LogP contribution in [0.3, 0.4) is 0 Å². The first-order valence-electron chi connectivity index (χ1n) is 6.24. The number of rotatable bonds is 3. The number of fused-ring (bicyclic) bond motifs is 1. The van der Waals surface area contributed by atoms with E-state index >= 15 is 0 Å². The first kappa shape index (κ1) is 12.0. The Balaban J connectivity index is 1.85. The number of hydrogen-bond donors (Lipinski definition) is 2. The van der Waals surface area contributed by atoms with Crippen LogP contribution in [0.25, 0.3) is 0 Å². The van der Waals surface area contributed by atoms with Gasteiger partial charge in [-0.2, -0.15) is 0 Å². The largest absolute Gasteiger partial charge is 0.388 e. The number of hydrogen-bond acceptors (Lipinski definition) is 4. The quantitative estimate of drug-likeness (QED) is 0.838. The van der Waals surface area contributed by atoms with Crippen LogP contribution < -0.4 is 11.1 Å². The maximum absolute atomic E-state index is 5.56. The summed E-state index contributed by atoms with van der Waals surface area (Å²) in [6.07, 6.45) is 5.23. The average molecular weight is 270 g/mol. The van der Waals surface area contributed by atoms with Crippen molar-refractivity contribution >= 4 is 28.8 Å². The molecule has 3 N–H and O–H groups in total. The van der Waals surface area contributed by atoms with Crippen LogP contribution in [0.1, 0.15) is 23.2 Å². The second-order valence-corrected chi connectivity index (χ2v) is 5.03. The fourth-order valence-electron chi connectivity index (χ4n) is 2.33. The van der Waals surface area contributed by atoms with Crippen LogP contribution >= 0.6 is 12.2 Å². The van der Waals surface area contributed by atoms with Crippen molar-refractivity contribution in [2.75, 3.05) is 5.32 Å². The predicted molar refractivity (Wildman–Crippen MR) is 79.7 cm³/mol. The van der Waals surface area contributed by atoms with E-state index < -0.39 is 0 Å². The molecule has 19 heavy (non-hydrogen) atoms. The molecule has 3 rings (SSSR count). The Bertz CT molecular complexity index is 639. The molecule has 1 heterocycles. The Kier molecular flexibility index (Phi) is 3.13. The maximum Gasteiger partial charge on any atom is 0.227 e. The predicted octanol–water partition coefficient (Wildman–Crippen LogP) is 2.34. The maximum atomic E-state index is 5.56. The highest BCUT2D eigenvalue weighted by atomic mass is 32.1. The van der Waals surface area contributed by atoms with E-state index in [-0.39, 0.29) is 4.99 Å². The number of nitrogens with one attached hydrogen (secondary N) is 1. The fraction of sp³-hybridized carbons (Fsp3) is 0.214. The molecule has 5 heteroatoms. The summed E-state index contributed by atoms with van der Waals surface area (Å²) < 4.78 is 0. The molecular weight excluding hydrogens is 256 g/mol. The minimum atomic E-state index is 0.277. The number of aromatic nitrogens is 2. The van der Waals surface area contributed by atoms with E-state index in [2.05, 4.69) is 33.5 Å². The molecular formula is C14H14N4S. The topological polar surface area (TPSA) is 63.8 Å². The number of nitrogens with zero attached hydrogens (tertiary/aromatic N) is 2. The van der Waals surface area contributed by atoms with Crippen molar-refractivity contribution in [2.45, 2.75) is 19.3 Å². The lowest BCUT2D eigenvalue weighted by Crippen LogP contribution is -2.12. The zero-order valence-electron chi connectivity index (χ0n) is 10.4. The second kappa shape index (κ2) is 4.93. The van der Waals surface area contributed by atoms with Gasteiger partial charge in [-0.25, -0.2) is 9.97 Å². The van der Waals surface area contributed by atoms with Crippen LogP contribution in [-0.2, 0) is 12.8 Å². The summed E-state index contributed by atoms with van der Waals surface area (Å²) in [7, 11) is 0. The molecule has 0 unspecified atom stereocenters. The van der Waals surface area contributed by atoms with E-state index in [9.17, 15) is 0 Å². The molecule has 1 aliphatic rings. The number of nitrogens with two attached hydrogens (primary N) is 1. The zero-order chi connectivity index (χ0) is 13.2. The molecule has 0 radical (unpaired) electrons. The van der Waals surface area contributed by atoms with Crippen molar-refractivity contribution in [1.29, 1.82) is 0 Å². The van der Waals surface area contributed by atoms with Gasteiger partial charge in [-0.15, -0.1) is 0 Å². The molecule has 0 atom stereocenters. The fourth-order valence-corrected chi connectivity index (χ4v) is 2.45. The van der Waals surface area contributed by atoms with Crippen LogP contribution in [0.2, 0.25) is 0 Å². The van der Waals surface area contributed by atoms with E-state index in [1.807, 2.05) is 0 Å². The van der Waals surface area contributed by atoms with Gasteiger partial charge in [-0.05, 0) is 48.6 Å². The van der Waals surface area contributed by atoms with Gasteiger partial charge in [0.15, 0.2) is 0 Å². The number of thiocarbonyl (C=S) groups is 1. The Labute approximate surface area is 117 Å². The summed E-state index contributed by atoms with van der Waals surface area (Å²) in [4.78, 5) is 8.72. The molecule has 0 aliphatic heterocycles. The van der Waals surface area contributed by atoms with Gasteiger partial charge in [0.1, 0.15) is 10.7 Å². The Hall–Kier alpha value is -2.01. The molecule has 2 aromatic rings. The molecule has 1 aliphatic carbocycles. The normalized spacial score (nSPS) is 13.1. The third-order valence-electron chi connectivity index (χ3n) is 3.26. The monoisotopic (exact) mass is 270 g/mol. The Morgan fingerprint density at radius 2 is 2.05 bits per heavy atom. The van der Waals surface area contributed by atoms with E-state index in [0.717, 1.165) is 12.1 Å². The summed E-state index contributed by atoms with van der Waals surface area (Å²) in [5.74, 6) is 0.517. The molecule has 0 saturated carbocycles. The number of anilines is 2. The van der Waals surface area contributed by atoms with Gasteiger partial charge in [-0.1, -0.05) is 18.3 Å². The SMILES string of the molecule is NC(=S)c1ccnc(Nc2ccc3c(c2)CCC3)n1. The summed E-state index contributed by atoms with van der Waals surface area (Å²) in [6.45, 7) is 0. The van der Waals surface area contributed by atoms with Crippen LogP contribution in [0.4, 0.5) is 11.6 Å². The van der Waals surface area contributed by atoms with Crippen molar-refractivity contribution in [1.82, 2.24) is 9.97 Å². The van der Waals surface area contributed by atoms with Gasteiger partial charge < -0.3 is 11.1 Å². The summed E-state index contributed by atoms with van der Waals surface area (Å²) in [6, 6.07) is 8.10. The standard InChI is InChI=1S/C14H14N4S/c15-13(19)12-6-7-16-14(18-12)17-11-5-4-9-2-1-3-10(9)8-11/h4-8H,1-3H2,(H2,15,19)(H,16,17,18). The van der Waals surface area contributed by atoms with Crippen LogP contribution in [0, 0.1) is 0 Å². The van der Waals surface area contributed by atoms with Gasteiger partial charge in [0.05, 0.1) is 0 Å². The van der Waals surface area contributed by atoms with Gasteiger partial charge in [0.2, 0.25) is 5.95 Å². The molecule has 1 aromatic carbocycles. The Morgan fingerprint density at radius 3 is 2.89 bits per heavy atom. The molecule has 0 spiro atoms. The molecule has 96 valence electrons. The summed E-state index contributed by atoms with van der Waals surface area (Å²) in [5, 5.41) is 3.19. The molecule has 4 nitrogen and oxygen atoms in total. The molecule has 0 saturated heterocycles. The van der Waals surface area contributed by atoms with Crippen LogP contribution in [0.15, 0.2) is 30.5 Å².